The van der Waals surface area contributed by atoms with Gasteiger partial charge in [0.05, 0.1) is 5.82 Å². The second-order valence-electron chi connectivity index (χ2n) is 6.13. The van der Waals surface area contributed by atoms with E-state index >= 15 is 0 Å². The van der Waals surface area contributed by atoms with Crippen molar-refractivity contribution in [1.82, 2.24) is 10.2 Å². The number of hydrogen-bond donors (Lipinski definition) is 1. The minimum Gasteiger partial charge on any atom is -0.375 e. The van der Waals surface area contributed by atoms with Crippen molar-refractivity contribution in [3.63, 3.8) is 0 Å². The van der Waals surface area contributed by atoms with Crippen LogP contribution in [-0.4, -0.2) is 18.5 Å². The smallest absolute Gasteiger partial charge is 0.0939 e. The number of hydrogen-bond acceptors (Lipinski definition) is 2. The van der Waals surface area contributed by atoms with Gasteiger partial charge in [0, 0.05) is 24.6 Å². The van der Waals surface area contributed by atoms with E-state index in [0.29, 0.717) is 0 Å². The van der Waals surface area contributed by atoms with Crippen molar-refractivity contribution in [2.45, 2.75) is 26.3 Å². The van der Waals surface area contributed by atoms with Gasteiger partial charge in [0.25, 0.3) is 0 Å². The van der Waals surface area contributed by atoms with Crippen LogP contribution in [0.2, 0.25) is 0 Å². The SMILES string of the molecule is C=C(NC)N1CCCc2c(Br)cc(-c3ccccc3C)cc2C1. The van der Waals surface area contributed by atoms with E-state index in [1.54, 1.807) is 0 Å². The first-order chi connectivity index (χ1) is 11.1. The molecule has 0 unspecified atom stereocenters. The normalized spacial score (nSPS) is 14.1. The number of fused-ring (bicyclic) bond motifs is 1. The quantitative estimate of drug-likeness (QED) is 0.829. The molecule has 2 aromatic carbocycles. The van der Waals surface area contributed by atoms with Gasteiger partial charge in [-0.25, -0.2) is 0 Å². The van der Waals surface area contributed by atoms with Crippen molar-refractivity contribution in [1.29, 1.82) is 0 Å². The molecule has 0 amide bonds. The van der Waals surface area contributed by atoms with E-state index in [9.17, 15) is 0 Å². The largest absolute Gasteiger partial charge is 0.375 e. The molecule has 1 aliphatic rings. The summed E-state index contributed by atoms with van der Waals surface area (Å²) >= 11 is 3.81. The summed E-state index contributed by atoms with van der Waals surface area (Å²) < 4.78 is 1.23. The summed E-state index contributed by atoms with van der Waals surface area (Å²) in [6.45, 7) is 8.25. The Morgan fingerprint density at radius 3 is 2.78 bits per heavy atom. The Morgan fingerprint density at radius 1 is 1.26 bits per heavy atom. The van der Waals surface area contributed by atoms with E-state index in [2.05, 4.69) is 76.0 Å². The van der Waals surface area contributed by atoms with Crippen LogP contribution in [0.5, 0.6) is 0 Å². The zero-order chi connectivity index (χ0) is 16.4. The van der Waals surface area contributed by atoms with Gasteiger partial charge in [-0.3, -0.25) is 0 Å². The fourth-order valence-electron chi connectivity index (χ4n) is 3.29. The first kappa shape index (κ1) is 16.1. The van der Waals surface area contributed by atoms with E-state index < -0.39 is 0 Å². The number of nitrogens with one attached hydrogen (secondary N) is 1. The van der Waals surface area contributed by atoms with Gasteiger partial charge in [-0.15, -0.1) is 0 Å². The molecule has 2 aromatic rings. The van der Waals surface area contributed by atoms with Crippen molar-refractivity contribution >= 4 is 15.9 Å². The van der Waals surface area contributed by atoms with E-state index in [4.69, 9.17) is 0 Å². The van der Waals surface area contributed by atoms with Crippen LogP contribution in [0.4, 0.5) is 0 Å². The van der Waals surface area contributed by atoms with E-state index in [0.717, 1.165) is 31.8 Å². The van der Waals surface area contributed by atoms with Crippen LogP contribution in [-0.2, 0) is 13.0 Å². The highest BCUT2D eigenvalue weighted by Gasteiger charge is 2.18. The highest BCUT2D eigenvalue weighted by atomic mass is 79.9. The second kappa shape index (κ2) is 6.79. The van der Waals surface area contributed by atoms with Crippen molar-refractivity contribution in [2.24, 2.45) is 0 Å². The monoisotopic (exact) mass is 370 g/mol. The van der Waals surface area contributed by atoms with Crippen LogP contribution in [0.1, 0.15) is 23.1 Å². The first-order valence-corrected chi connectivity index (χ1v) is 8.88. The zero-order valence-electron chi connectivity index (χ0n) is 13.8. The number of rotatable bonds is 3. The maximum absolute atomic E-state index is 4.13. The molecule has 0 saturated carbocycles. The van der Waals surface area contributed by atoms with Crippen LogP contribution in [0.15, 0.2) is 53.3 Å². The first-order valence-electron chi connectivity index (χ1n) is 8.09. The molecule has 0 aromatic heterocycles. The van der Waals surface area contributed by atoms with Gasteiger partial charge < -0.3 is 10.2 Å². The minimum atomic E-state index is 0.910. The summed E-state index contributed by atoms with van der Waals surface area (Å²) in [4.78, 5) is 2.33. The van der Waals surface area contributed by atoms with Crippen LogP contribution in [0.25, 0.3) is 11.1 Å². The van der Waals surface area contributed by atoms with Crippen LogP contribution < -0.4 is 5.32 Å². The molecule has 0 fully saturated rings. The molecule has 23 heavy (non-hydrogen) atoms. The van der Waals surface area contributed by atoms with Gasteiger partial charge in [0.15, 0.2) is 0 Å². The molecule has 1 aliphatic heterocycles. The summed E-state index contributed by atoms with van der Waals surface area (Å²) in [6, 6.07) is 13.2. The Balaban J connectivity index is 2.05. The third-order valence-electron chi connectivity index (χ3n) is 4.63. The third kappa shape index (κ3) is 3.30. The summed E-state index contributed by atoms with van der Waals surface area (Å²) in [7, 11) is 1.94. The summed E-state index contributed by atoms with van der Waals surface area (Å²) in [5.74, 6) is 0.996. The van der Waals surface area contributed by atoms with Crippen LogP contribution in [0.3, 0.4) is 0 Å². The number of benzene rings is 2. The molecule has 0 atom stereocenters. The molecule has 120 valence electrons. The summed E-state index contributed by atoms with van der Waals surface area (Å²) in [5, 5.41) is 3.18. The fourth-order valence-corrected chi connectivity index (χ4v) is 3.99. The number of aryl methyl sites for hydroxylation is 1. The number of nitrogens with zero attached hydrogens (tertiary/aromatic N) is 1. The third-order valence-corrected chi connectivity index (χ3v) is 5.34. The lowest BCUT2D eigenvalue weighted by Crippen LogP contribution is -2.28. The van der Waals surface area contributed by atoms with E-state index in [-0.39, 0.29) is 0 Å². The van der Waals surface area contributed by atoms with Gasteiger partial charge in [-0.05, 0) is 59.7 Å². The molecule has 0 spiro atoms. The maximum Gasteiger partial charge on any atom is 0.0939 e. The predicted octanol–water partition coefficient (Wildman–Crippen LogP) is 4.86. The Kier molecular flexibility index (Phi) is 4.76. The molecule has 3 rings (SSSR count). The Bertz CT molecular complexity index is 736. The lowest BCUT2D eigenvalue weighted by atomic mass is 9.95. The molecule has 1 N–H and O–H groups in total. The average Bonchev–Trinajstić information content (AvgIpc) is 2.77. The van der Waals surface area contributed by atoms with Gasteiger partial charge in [0.1, 0.15) is 0 Å². The van der Waals surface area contributed by atoms with Gasteiger partial charge in [-0.2, -0.15) is 0 Å². The molecule has 0 aliphatic carbocycles. The standard InChI is InChI=1S/C20H23BrN2/c1-14-7-4-5-8-18(14)16-11-17-13-23(15(2)22-3)10-6-9-19(17)20(21)12-16/h4-5,7-8,11-12,22H,2,6,9-10,13H2,1,3H3. The van der Waals surface area contributed by atoms with Crippen LogP contribution >= 0.6 is 15.9 Å². The minimum absolute atomic E-state index is 0.910. The molecule has 2 nitrogen and oxygen atoms in total. The highest BCUT2D eigenvalue weighted by Crippen LogP contribution is 2.33. The van der Waals surface area contributed by atoms with Crippen molar-refractivity contribution in [3.8, 4) is 11.1 Å². The lowest BCUT2D eigenvalue weighted by molar-refractivity contribution is 0.324. The fraction of sp³-hybridized carbons (Fsp3) is 0.300. The van der Waals surface area contributed by atoms with Crippen molar-refractivity contribution in [2.75, 3.05) is 13.6 Å². The molecule has 0 saturated heterocycles. The maximum atomic E-state index is 4.13. The summed E-state index contributed by atoms with van der Waals surface area (Å²) in [5.41, 5.74) is 6.73. The Labute approximate surface area is 147 Å². The van der Waals surface area contributed by atoms with Crippen molar-refractivity contribution < 1.29 is 0 Å². The van der Waals surface area contributed by atoms with Crippen LogP contribution in [0, 0.1) is 6.92 Å². The van der Waals surface area contributed by atoms with Crippen molar-refractivity contribution in [3.05, 3.63) is 70.0 Å². The van der Waals surface area contributed by atoms with E-state index in [1.807, 2.05) is 7.05 Å². The van der Waals surface area contributed by atoms with Gasteiger partial charge >= 0.3 is 0 Å². The average molecular weight is 371 g/mol. The van der Waals surface area contributed by atoms with Gasteiger partial charge in [-0.1, -0.05) is 46.8 Å². The van der Waals surface area contributed by atoms with Gasteiger partial charge in [0.2, 0.25) is 0 Å². The molecule has 1 heterocycles. The Morgan fingerprint density at radius 2 is 2.04 bits per heavy atom. The van der Waals surface area contributed by atoms with E-state index in [1.165, 1.54) is 32.3 Å². The molecular formula is C20H23BrN2. The molecule has 3 heteroatoms. The summed E-state index contributed by atoms with van der Waals surface area (Å²) in [6.07, 6.45) is 2.26. The number of halogens is 1. The second-order valence-corrected chi connectivity index (χ2v) is 6.99. The zero-order valence-corrected chi connectivity index (χ0v) is 15.4. The molecule has 0 bridgehead atoms. The molecular weight excluding hydrogens is 348 g/mol. The topological polar surface area (TPSA) is 15.3 Å². The Hall–Kier alpha value is -1.74. The molecule has 0 radical (unpaired) electrons. The highest BCUT2D eigenvalue weighted by molar-refractivity contribution is 9.10. The predicted molar refractivity (Wildman–Crippen MR) is 101 cm³/mol. The lowest BCUT2D eigenvalue weighted by Gasteiger charge is -2.25.